The SMILES string of the molecule is CN(C)S(=O)(=O)N[C@H](c1ccccc1)c1ccc(Cl)cc1. The maximum atomic E-state index is 12.1. The first-order valence-electron chi connectivity index (χ1n) is 6.40. The summed E-state index contributed by atoms with van der Waals surface area (Å²) in [5, 5.41) is 0.612. The number of hydrogen-bond donors (Lipinski definition) is 1. The maximum absolute atomic E-state index is 12.1. The highest BCUT2D eigenvalue weighted by Gasteiger charge is 2.22. The zero-order valence-electron chi connectivity index (χ0n) is 11.8. The van der Waals surface area contributed by atoms with Crippen molar-refractivity contribution in [2.45, 2.75) is 6.04 Å². The van der Waals surface area contributed by atoms with Crippen LogP contribution in [0.4, 0.5) is 0 Å². The van der Waals surface area contributed by atoms with Crippen molar-refractivity contribution in [3.63, 3.8) is 0 Å². The molecule has 0 aliphatic rings. The fraction of sp³-hybridized carbons (Fsp3) is 0.200. The molecular formula is C15H17ClN2O2S. The van der Waals surface area contributed by atoms with Crippen molar-refractivity contribution in [2.24, 2.45) is 0 Å². The van der Waals surface area contributed by atoms with Crippen LogP contribution in [0.15, 0.2) is 54.6 Å². The third-order valence-electron chi connectivity index (χ3n) is 3.08. The Morgan fingerprint density at radius 2 is 1.48 bits per heavy atom. The van der Waals surface area contributed by atoms with Gasteiger partial charge in [0, 0.05) is 19.1 Å². The lowest BCUT2D eigenvalue weighted by molar-refractivity contribution is 0.498. The van der Waals surface area contributed by atoms with Crippen LogP contribution < -0.4 is 4.72 Å². The topological polar surface area (TPSA) is 49.4 Å². The molecule has 4 nitrogen and oxygen atoms in total. The molecule has 0 amide bonds. The molecule has 0 aliphatic heterocycles. The molecule has 2 aromatic carbocycles. The van der Waals surface area contributed by atoms with E-state index < -0.39 is 16.3 Å². The molecule has 0 aromatic heterocycles. The molecule has 1 atom stereocenters. The van der Waals surface area contributed by atoms with Crippen LogP contribution in [-0.2, 0) is 10.2 Å². The van der Waals surface area contributed by atoms with Gasteiger partial charge in [0.25, 0.3) is 10.2 Å². The van der Waals surface area contributed by atoms with Crippen molar-refractivity contribution < 1.29 is 8.42 Å². The van der Waals surface area contributed by atoms with E-state index >= 15 is 0 Å². The Kier molecular flexibility index (Phi) is 5.00. The van der Waals surface area contributed by atoms with Gasteiger partial charge in [-0.05, 0) is 23.3 Å². The van der Waals surface area contributed by atoms with Crippen molar-refractivity contribution in [1.82, 2.24) is 9.03 Å². The minimum atomic E-state index is -3.55. The summed E-state index contributed by atoms with van der Waals surface area (Å²) in [5.74, 6) is 0. The van der Waals surface area contributed by atoms with Gasteiger partial charge in [-0.3, -0.25) is 0 Å². The summed E-state index contributed by atoms with van der Waals surface area (Å²) in [6.45, 7) is 0. The van der Waals surface area contributed by atoms with Crippen LogP contribution in [0.1, 0.15) is 17.2 Å². The van der Waals surface area contributed by atoms with Gasteiger partial charge in [0.05, 0.1) is 6.04 Å². The van der Waals surface area contributed by atoms with Gasteiger partial charge in [0.15, 0.2) is 0 Å². The zero-order valence-corrected chi connectivity index (χ0v) is 13.4. The lowest BCUT2D eigenvalue weighted by atomic mass is 10.00. The van der Waals surface area contributed by atoms with E-state index in [9.17, 15) is 8.42 Å². The highest BCUT2D eigenvalue weighted by Crippen LogP contribution is 2.24. The maximum Gasteiger partial charge on any atom is 0.279 e. The predicted octanol–water partition coefficient (Wildman–Crippen LogP) is 2.83. The van der Waals surface area contributed by atoms with Gasteiger partial charge < -0.3 is 0 Å². The summed E-state index contributed by atoms with van der Waals surface area (Å²) in [4.78, 5) is 0. The van der Waals surface area contributed by atoms with E-state index in [1.54, 1.807) is 12.1 Å². The fourth-order valence-electron chi connectivity index (χ4n) is 1.88. The van der Waals surface area contributed by atoms with Crippen LogP contribution >= 0.6 is 11.6 Å². The molecule has 0 heterocycles. The summed E-state index contributed by atoms with van der Waals surface area (Å²) >= 11 is 5.90. The molecule has 0 spiro atoms. The molecule has 0 aliphatic carbocycles. The molecule has 112 valence electrons. The van der Waals surface area contributed by atoms with Crippen LogP contribution in [0, 0.1) is 0 Å². The zero-order chi connectivity index (χ0) is 15.5. The average Bonchev–Trinajstić information content (AvgIpc) is 2.47. The minimum Gasteiger partial charge on any atom is -0.195 e. The molecular weight excluding hydrogens is 308 g/mol. The quantitative estimate of drug-likeness (QED) is 0.919. The Balaban J connectivity index is 2.43. The van der Waals surface area contributed by atoms with Crippen LogP contribution in [0.3, 0.4) is 0 Å². The van der Waals surface area contributed by atoms with Crippen molar-refractivity contribution in [1.29, 1.82) is 0 Å². The summed E-state index contributed by atoms with van der Waals surface area (Å²) < 4.78 is 28.1. The number of hydrogen-bond acceptors (Lipinski definition) is 2. The molecule has 21 heavy (non-hydrogen) atoms. The smallest absolute Gasteiger partial charge is 0.195 e. The molecule has 0 fully saturated rings. The largest absolute Gasteiger partial charge is 0.279 e. The average molecular weight is 325 g/mol. The van der Waals surface area contributed by atoms with E-state index in [1.807, 2.05) is 42.5 Å². The minimum absolute atomic E-state index is 0.462. The van der Waals surface area contributed by atoms with Crippen LogP contribution in [0.2, 0.25) is 5.02 Å². The number of halogens is 1. The highest BCUT2D eigenvalue weighted by atomic mass is 35.5. The van der Waals surface area contributed by atoms with Gasteiger partial charge in [-0.1, -0.05) is 54.1 Å². The van der Waals surface area contributed by atoms with Gasteiger partial charge in [0.2, 0.25) is 0 Å². The lowest BCUT2D eigenvalue weighted by Gasteiger charge is -2.22. The first-order valence-corrected chi connectivity index (χ1v) is 8.22. The molecule has 0 radical (unpaired) electrons. The van der Waals surface area contributed by atoms with Gasteiger partial charge in [-0.25, -0.2) is 0 Å². The monoisotopic (exact) mass is 324 g/mol. The predicted molar refractivity (Wildman–Crippen MR) is 85.5 cm³/mol. The molecule has 6 heteroatoms. The summed E-state index contributed by atoms with van der Waals surface area (Å²) in [5.41, 5.74) is 1.70. The van der Waals surface area contributed by atoms with E-state index in [-0.39, 0.29) is 0 Å². The standard InChI is InChI=1S/C15H17ClN2O2S/c1-18(2)21(19,20)17-15(12-6-4-3-5-7-12)13-8-10-14(16)11-9-13/h3-11,15,17H,1-2H3/t15-/m1/s1. The molecule has 0 bridgehead atoms. The normalized spacial score (nSPS) is 13.3. The summed E-state index contributed by atoms with van der Waals surface area (Å²) in [6, 6.07) is 16.1. The van der Waals surface area contributed by atoms with Gasteiger partial charge in [-0.2, -0.15) is 17.4 Å². The van der Waals surface area contributed by atoms with Gasteiger partial charge in [-0.15, -0.1) is 0 Å². The molecule has 0 unspecified atom stereocenters. The third kappa shape index (κ3) is 4.04. The van der Waals surface area contributed by atoms with E-state index in [2.05, 4.69) is 4.72 Å². The summed E-state index contributed by atoms with van der Waals surface area (Å²) in [7, 11) is -0.569. The number of rotatable bonds is 5. The molecule has 2 aromatic rings. The fourth-order valence-corrected chi connectivity index (χ4v) is 2.79. The van der Waals surface area contributed by atoms with E-state index in [0.717, 1.165) is 15.4 Å². The first-order chi connectivity index (χ1) is 9.90. The summed E-state index contributed by atoms with van der Waals surface area (Å²) in [6.07, 6.45) is 0. The highest BCUT2D eigenvalue weighted by molar-refractivity contribution is 7.87. The van der Waals surface area contributed by atoms with Crippen LogP contribution in [-0.4, -0.2) is 26.8 Å². The first kappa shape index (κ1) is 16.0. The van der Waals surface area contributed by atoms with Crippen molar-refractivity contribution in [3.8, 4) is 0 Å². The Morgan fingerprint density at radius 3 is 2.00 bits per heavy atom. The molecule has 2 rings (SSSR count). The molecule has 1 N–H and O–H groups in total. The number of nitrogens with zero attached hydrogens (tertiary/aromatic N) is 1. The van der Waals surface area contributed by atoms with E-state index in [1.165, 1.54) is 14.1 Å². The van der Waals surface area contributed by atoms with E-state index in [4.69, 9.17) is 11.6 Å². The Bertz CT molecular complexity index is 685. The molecule has 0 saturated heterocycles. The Morgan fingerprint density at radius 1 is 0.952 bits per heavy atom. The second-order valence-electron chi connectivity index (χ2n) is 4.80. The van der Waals surface area contributed by atoms with Crippen LogP contribution in [0.5, 0.6) is 0 Å². The Labute approximate surface area is 130 Å². The van der Waals surface area contributed by atoms with Crippen molar-refractivity contribution >= 4 is 21.8 Å². The number of benzene rings is 2. The van der Waals surface area contributed by atoms with Gasteiger partial charge >= 0.3 is 0 Å². The second kappa shape index (κ2) is 6.58. The van der Waals surface area contributed by atoms with Gasteiger partial charge in [0.1, 0.15) is 0 Å². The third-order valence-corrected chi connectivity index (χ3v) is 4.83. The van der Waals surface area contributed by atoms with E-state index in [0.29, 0.717) is 5.02 Å². The van der Waals surface area contributed by atoms with Crippen LogP contribution in [0.25, 0.3) is 0 Å². The van der Waals surface area contributed by atoms with Crippen molar-refractivity contribution in [3.05, 3.63) is 70.7 Å². The second-order valence-corrected chi connectivity index (χ2v) is 7.15. The van der Waals surface area contributed by atoms with Crippen molar-refractivity contribution in [2.75, 3.05) is 14.1 Å². The lowest BCUT2D eigenvalue weighted by Crippen LogP contribution is -2.38. The molecule has 0 saturated carbocycles. The number of nitrogens with one attached hydrogen (secondary N) is 1. The Hall–Kier alpha value is -1.40.